The van der Waals surface area contributed by atoms with Gasteiger partial charge in [0.25, 0.3) is 0 Å². The number of nitrogens with two attached hydrogens (primary N) is 2. The molecule has 2 nitrogen and oxygen atoms in total. The lowest BCUT2D eigenvalue weighted by Gasteiger charge is -2.15. The summed E-state index contributed by atoms with van der Waals surface area (Å²) in [5, 5.41) is 0. The van der Waals surface area contributed by atoms with Crippen LogP contribution in [0.2, 0.25) is 0 Å². The first-order chi connectivity index (χ1) is 6.16. The highest BCUT2D eigenvalue weighted by Gasteiger charge is 2.08. The Bertz CT molecular complexity index is 281. The van der Waals surface area contributed by atoms with E-state index in [4.69, 9.17) is 11.5 Å². The van der Waals surface area contributed by atoms with Crippen LogP contribution < -0.4 is 11.5 Å². The van der Waals surface area contributed by atoms with Crippen LogP contribution in [0.15, 0.2) is 18.2 Å². The molecule has 0 aliphatic heterocycles. The maximum atomic E-state index is 6.00. The van der Waals surface area contributed by atoms with Crippen LogP contribution in [0, 0.1) is 13.8 Å². The lowest BCUT2D eigenvalue weighted by atomic mass is 9.96. The normalized spacial score (nSPS) is 12.9. The SMILES string of the molecule is Cc1cccc([C@@H](N)CCN)c1C. The Balaban J connectivity index is 2.93. The molecule has 0 spiro atoms. The molecule has 0 saturated heterocycles. The van der Waals surface area contributed by atoms with Crippen LogP contribution in [0.3, 0.4) is 0 Å². The predicted molar refractivity (Wildman–Crippen MR) is 56.5 cm³/mol. The zero-order chi connectivity index (χ0) is 9.84. The molecule has 0 radical (unpaired) electrons. The molecular weight excluding hydrogens is 160 g/mol. The Morgan fingerprint density at radius 3 is 2.62 bits per heavy atom. The summed E-state index contributed by atoms with van der Waals surface area (Å²) in [5.41, 5.74) is 15.3. The summed E-state index contributed by atoms with van der Waals surface area (Å²) < 4.78 is 0. The van der Waals surface area contributed by atoms with Crippen molar-refractivity contribution in [3.63, 3.8) is 0 Å². The Kier molecular flexibility index (Phi) is 3.46. The van der Waals surface area contributed by atoms with Crippen LogP contribution in [-0.4, -0.2) is 6.54 Å². The molecule has 0 heterocycles. The van der Waals surface area contributed by atoms with Gasteiger partial charge in [0.15, 0.2) is 0 Å². The van der Waals surface area contributed by atoms with Gasteiger partial charge in [-0.05, 0) is 43.5 Å². The fraction of sp³-hybridized carbons (Fsp3) is 0.455. The highest BCUT2D eigenvalue weighted by atomic mass is 14.7. The Morgan fingerprint density at radius 2 is 2.00 bits per heavy atom. The molecule has 0 unspecified atom stereocenters. The molecule has 0 bridgehead atoms. The van der Waals surface area contributed by atoms with Crippen LogP contribution in [0.1, 0.15) is 29.2 Å². The van der Waals surface area contributed by atoms with E-state index in [9.17, 15) is 0 Å². The summed E-state index contributed by atoms with van der Waals surface area (Å²) in [6.07, 6.45) is 0.851. The molecule has 4 N–H and O–H groups in total. The van der Waals surface area contributed by atoms with Gasteiger partial charge in [-0.1, -0.05) is 18.2 Å². The average molecular weight is 178 g/mol. The summed E-state index contributed by atoms with van der Waals surface area (Å²) in [5.74, 6) is 0. The summed E-state index contributed by atoms with van der Waals surface area (Å²) in [7, 11) is 0. The van der Waals surface area contributed by atoms with Gasteiger partial charge in [0.05, 0.1) is 0 Å². The van der Waals surface area contributed by atoms with Gasteiger partial charge in [0, 0.05) is 6.04 Å². The maximum absolute atomic E-state index is 6.00. The van der Waals surface area contributed by atoms with E-state index in [-0.39, 0.29) is 6.04 Å². The van der Waals surface area contributed by atoms with Gasteiger partial charge in [-0.25, -0.2) is 0 Å². The van der Waals surface area contributed by atoms with E-state index in [2.05, 4.69) is 26.0 Å². The zero-order valence-corrected chi connectivity index (χ0v) is 8.38. The summed E-state index contributed by atoms with van der Waals surface area (Å²) in [6.45, 7) is 4.86. The van der Waals surface area contributed by atoms with E-state index in [0.717, 1.165) is 6.42 Å². The zero-order valence-electron chi connectivity index (χ0n) is 8.38. The fourth-order valence-electron chi connectivity index (χ4n) is 1.51. The Morgan fingerprint density at radius 1 is 1.31 bits per heavy atom. The largest absolute Gasteiger partial charge is 0.330 e. The minimum Gasteiger partial charge on any atom is -0.330 e. The third-order valence-electron chi connectivity index (χ3n) is 2.52. The molecule has 0 fully saturated rings. The monoisotopic (exact) mass is 178 g/mol. The highest BCUT2D eigenvalue weighted by Crippen LogP contribution is 2.20. The Hall–Kier alpha value is -0.860. The van der Waals surface area contributed by atoms with Gasteiger partial charge in [0.1, 0.15) is 0 Å². The van der Waals surface area contributed by atoms with Crippen molar-refractivity contribution in [2.75, 3.05) is 6.54 Å². The molecule has 0 aromatic heterocycles. The molecule has 0 saturated carbocycles. The second kappa shape index (κ2) is 4.40. The molecular formula is C11H18N2. The minimum atomic E-state index is 0.0879. The fourth-order valence-corrected chi connectivity index (χ4v) is 1.51. The lowest BCUT2D eigenvalue weighted by Crippen LogP contribution is -2.16. The quantitative estimate of drug-likeness (QED) is 0.739. The standard InChI is InChI=1S/C11H18N2/c1-8-4-3-5-10(9(8)2)11(13)6-7-12/h3-5,11H,6-7,12-13H2,1-2H3/t11-/m0/s1. The average Bonchev–Trinajstić information content (AvgIpc) is 2.10. The first-order valence-electron chi connectivity index (χ1n) is 4.68. The number of aryl methyl sites for hydroxylation is 1. The maximum Gasteiger partial charge on any atom is 0.0309 e. The predicted octanol–water partition coefficient (Wildman–Crippen LogP) is 1.65. The highest BCUT2D eigenvalue weighted by molar-refractivity contribution is 5.35. The van der Waals surface area contributed by atoms with Crippen LogP contribution in [0.5, 0.6) is 0 Å². The summed E-state index contributed by atoms with van der Waals surface area (Å²) >= 11 is 0. The third-order valence-corrected chi connectivity index (χ3v) is 2.52. The second-order valence-electron chi connectivity index (χ2n) is 3.47. The van der Waals surface area contributed by atoms with E-state index in [1.165, 1.54) is 16.7 Å². The van der Waals surface area contributed by atoms with Gasteiger partial charge < -0.3 is 11.5 Å². The van der Waals surface area contributed by atoms with Crippen LogP contribution >= 0.6 is 0 Å². The van der Waals surface area contributed by atoms with Crippen molar-refractivity contribution in [3.05, 3.63) is 34.9 Å². The van der Waals surface area contributed by atoms with Crippen molar-refractivity contribution in [3.8, 4) is 0 Å². The minimum absolute atomic E-state index is 0.0879. The van der Waals surface area contributed by atoms with Gasteiger partial charge in [0.2, 0.25) is 0 Å². The molecule has 13 heavy (non-hydrogen) atoms. The van der Waals surface area contributed by atoms with E-state index in [1.807, 2.05) is 6.07 Å². The van der Waals surface area contributed by atoms with Gasteiger partial charge >= 0.3 is 0 Å². The van der Waals surface area contributed by atoms with Gasteiger partial charge in [-0.15, -0.1) is 0 Å². The van der Waals surface area contributed by atoms with E-state index >= 15 is 0 Å². The molecule has 2 heteroatoms. The van der Waals surface area contributed by atoms with E-state index in [0.29, 0.717) is 6.54 Å². The lowest BCUT2D eigenvalue weighted by molar-refractivity contribution is 0.657. The topological polar surface area (TPSA) is 52.0 Å². The van der Waals surface area contributed by atoms with Crippen molar-refractivity contribution in [2.24, 2.45) is 11.5 Å². The van der Waals surface area contributed by atoms with Gasteiger partial charge in [-0.3, -0.25) is 0 Å². The van der Waals surface area contributed by atoms with Crippen LogP contribution in [0.4, 0.5) is 0 Å². The molecule has 1 rings (SSSR count). The summed E-state index contributed by atoms with van der Waals surface area (Å²) in [6, 6.07) is 6.33. The molecule has 0 amide bonds. The van der Waals surface area contributed by atoms with Crippen molar-refractivity contribution in [1.82, 2.24) is 0 Å². The van der Waals surface area contributed by atoms with Crippen molar-refractivity contribution in [1.29, 1.82) is 0 Å². The van der Waals surface area contributed by atoms with Crippen LogP contribution in [0.25, 0.3) is 0 Å². The molecule has 72 valence electrons. The third kappa shape index (κ3) is 2.29. The molecule has 0 aliphatic carbocycles. The van der Waals surface area contributed by atoms with Gasteiger partial charge in [-0.2, -0.15) is 0 Å². The first kappa shape index (κ1) is 10.2. The number of rotatable bonds is 3. The molecule has 1 aromatic carbocycles. The number of benzene rings is 1. The van der Waals surface area contributed by atoms with E-state index in [1.54, 1.807) is 0 Å². The van der Waals surface area contributed by atoms with Crippen LogP contribution in [-0.2, 0) is 0 Å². The molecule has 1 aromatic rings. The second-order valence-corrected chi connectivity index (χ2v) is 3.47. The molecule has 0 aliphatic rings. The summed E-state index contributed by atoms with van der Waals surface area (Å²) in [4.78, 5) is 0. The molecule has 1 atom stereocenters. The number of hydrogen-bond acceptors (Lipinski definition) is 2. The first-order valence-corrected chi connectivity index (χ1v) is 4.68. The van der Waals surface area contributed by atoms with Crippen molar-refractivity contribution in [2.45, 2.75) is 26.3 Å². The van der Waals surface area contributed by atoms with E-state index < -0.39 is 0 Å². The Labute approximate surface area is 79.9 Å². The van der Waals surface area contributed by atoms with Crippen molar-refractivity contribution < 1.29 is 0 Å². The number of hydrogen-bond donors (Lipinski definition) is 2. The smallest absolute Gasteiger partial charge is 0.0309 e. The van der Waals surface area contributed by atoms with Crippen molar-refractivity contribution >= 4 is 0 Å².